The Labute approximate surface area is 181 Å². The molecule has 0 bridgehead atoms. The summed E-state index contributed by atoms with van der Waals surface area (Å²) in [5, 5.41) is 11.3. The van der Waals surface area contributed by atoms with Crippen molar-refractivity contribution in [2.75, 3.05) is 7.11 Å². The van der Waals surface area contributed by atoms with Crippen molar-refractivity contribution in [3.8, 4) is 11.4 Å². The Morgan fingerprint density at radius 3 is 2.66 bits per heavy atom. The van der Waals surface area contributed by atoms with Crippen LogP contribution in [0, 0.1) is 10.1 Å². The lowest BCUT2D eigenvalue weighted by atomic mass is 10.1. The topological polar surface area (TPSA) is 113 Å². The van der Waals surface area contributed by atoms with Crippen LogP contribution < -0.4 is 10.3 Å². The monoisotopic (exact) mass is 430 g/mol. The summed E-state index contributed by atoms with van der Waals surface area (Å²) in [5.41, 5.74) is 2.96. The molecule has 0 fully saturated rings. The van der Waals surface area contributed by atoms with Gasteiger partial charge in [-0.1, -0.05) is 0 Å². The van der Waals surface area contributed by atoms with Gasteiger partial charge < -0.3 is 9.15 Å². The van der Waals surface area contributed by atoms with Crippen LogP contribution in [0.5, 0.6) is 5.75 Å². The van der Waals surface area contributed by atoms with Gasteiger partial charge in [-0.25, -0.2) is 4.98 Å². The van der Waals surface area contributed by atoms with Crippen molar-refractivity contribution in [3.63, 3.8) is 0 Å². The summed E-state index contributed by atoms with van der Waals surface area (Å²) < 4.78 is 12.2. The van der Waals surface area contributed by atoms with Crippen molar-refractivity contribution >= 4 is 29.1 Å². The van der Waals surface area contributed by atoms with E-state index in [-0.39, 0.29) is 17.2 Å². The molecule has 0 spiro atoms. The van der Waals surface area contributed by atoms with E-state index in [0.717, 1.165) is 36.2 Å². The van der Waals surface area contributed by atoms with E-state index in [1.54, 1.807) is 17.8 Å². The maximum atomic E-state index is 12.9. The lowest BCUT2D eigenvalue weighted by Gasteiger charge is -2.15. The molecule has 0 aliphatic heterocycles. The molecule has 0 atom stereocenters. The largest absolute Gasteiger partial charge is 0.497 e. The summed E-state index contributed by atoms with van der Waals surface area (Å²) in [6, 6.07) is 12.0. The lowest BCUT2D eigenvalue weighted by molar-refractivity contribution is -0.402. The van der Waals surface area contributed by atoms with Crippen LogP contribution in [0.4, 0.5) is 5.88 Å². The van der Waals surface area contributed by atoms with Crippen molar-refractivity contribution in [2.45, 2.75) is 19.3 Å². The van der Waals surface area contributed by atoms with E-state index < -0.39 is 4.92 Å². The molecule has 9 heteroatoms. The van der Waals surface area contributed by atoms with Crippen molar-refractivity contribution < 1.29 is 14.1 Å². The fourth-order valence-electron chi connectivity index (χ4n) is 3.90. The summed E-state index contributed by atoms with van der Waals surface area (Å²) >= 11 is 0. The van der Waals surface area contributed by atoms with Gasteiger partial charge in [0, 0.05) is 11.4 Å². The average molecular weight is 430 g/mol. The van der Waals surface area contributed by atoms with Crippen LogP contribution in [-0.2, 0) is 12.8 Å². The zero-order valence-electron chi connectivity index (χ0n) is 17.1. The summed E-state index contributed by atoms with van der Waals surface area (Å²) in [6.45, 7) is 0. The van der Waals surface area contributed by atoms with Crippen LogP contribution in [0.1, 0.15) is 29.3 Å². The molecule has 0 saturated heterocycles. The quantitative estimate of drug-likeness (QED) is 0.348. The number of benzene rings is 1. The maximum Gasteiger partial charge on any atom is 0.433 e. The number of nitrogens with zero attached hydrogens (tertiary/aromatic N) is 4. The third kappa shape index (κ3) is 3.43. The number of fused-ring (bicyclic) bond motifs is 2. The zero-order valence-corrected chi connectivity index (χ0v) is 17.1. The number of hydrogen-bond donors (Lipinski definition) is 0. The Morgan fingerprint density at radius 1 is 1.12 bits per heavy atom. The van der Waals surface area contributed by atoms with E-state index in [9.17, 15) is 14.9 Å². The molecule has 4 aromatic rings. The van der Waals surface area contributed by atoms with Gasteiger partial charge in [-0.3, -0.25) is 19.5 Å². The first kappa shape index (κ1) is 19.7. The molecule has 0 unspecified atom stereocenters. The molecule has 3 heterocycles. The number of ether oxygens (including phenoxy) is 1. The molecule has 0 saturated carbocycles. The Balaban J connectivity index is 1.71. The molecule has 1 aliphatic carbocycles. The molecular weight excluding hydrogens is 412 g/mol. The van der Waals surface area contributed by atoms with Crippen LogP contribution in [0.3, 0.4) is 0 Å². The number of methoxy groups -OCH3 is 1. The number of rotatable bonds is 5. The number of nitro groups is 1. The second-order valence-electron chi connectivity index (χ2n) is 7.39. The molecule has 1 aromatic carbocycles. The van der Waals surface area contributed by atoms with E-state index in [4.69, 9.17) is 14.1 Å². The summed E-state index contributed by atoms with van der Waals surface area (Å²) in [7, 11) is 1.59. The van der Waals surface area contributed by atoms with Crippen molar-refractivity contribution in [3.05, 3.63) is 85.8 Å². The highest BCUT2D eigenvalue weighted by molar-refractivity contribution is 5.80. The fourth-order valence-corrected chi connectivity index (χ4v) is 3.90. The Bertz CT molecular complexity index is 1430. The van der Waals surface area contributed by atoms with E-state index >= 15 is 0 Å². The van der Waals surface area contributed by atoms with Gasteiger partial charge in [0.15, 0.2) is 5.65 Å². The molecule has 1 aliphatic rings. The third-order valence-corrected chi connectivity index (χ3v) is 5.44. The Hall–Kier alpha value is -4.27. The molecular formula is C23H18N4O5. The first-order valence-electron chi connectivity index (χ1n) is 10.1. The SMILES string of the molecule is COc1ccc(-n2c(/C=C/c3ccc([N+](=O)[O-])o3)nc(=O)c3cc4c(nc32)CCC4)cc1. The van der Waals surface area contributed by atoms with Gasteiger partial charge >= 0.3 is 5.88 Å². The standard InChI is InChI=1S/C23H18N4O5/c1-31-16-7-5-15(6-8-16)26-20(11-9-17-10-12-21(32-17)27(29)30)25-23(28)18-13-14-3-2-4-19(14)24-22(18)26/h5-13H,2-4H2,1H3/b11-9+. The highest BCUT2D eigenvalue weighted by atomic mass is 16.6. The highest BCUT2D eigenvalue weighted by Gasteiger charge is 2.19. The van der Waals surface area contributed by atoms with Gasteiger partial charge in [-0.15, -0.1) is 0 Å². The normalized spacial score (nSPS) is 13.0. The van der Waals surface area contributed by atoms with Crippen molar-refractivity contribution in [2.24, 2.45) is 0 Å². The predicted octanol–water partition coefficient (Wildman–Crippen LogP) is 3.95. The second-order valence-corrected chi connectivity index (χ2v) is 7.39. The molecule has 0 amide bonds. The number of aromatic nitrogens is 3. The van der Waals surface area contributed by atoms with Crippen LogP contribution in [0.2, 0.25) is 0 Å². The molecule has 0 N–H and O–H groups in total. The fraction of sp³-hybridized carbons (Fsp3) is 0.174. The van der Waals surface area contributed by atoms with Gasteiger partial charge in [0.05, 0.1) is 18.6 Å². The van der Waals surface area contributed by atoms with Crippen LogP contribution in [0.15, 0.2) is 51.7 Å². The molecule has 3 aromatic heterocycles. The predicted molar refractivity (Wildman–Crippen MR) is 118 cm³/mol. The van der Waals surface area contributed by atoms with E-state index in [1.807, 2.05) is 30.3 Å². The highest BCUT2D eigenvalue weighted by Crippen LogP contribution is 2.26. The van der Waals surface area contributed by atoms with Gasteiger partial charge in [0.2, 0.25) is 0 Å². The molecule has 32 heavy (non-hydrogen) atoms. The molecule has 9 nitrogen and oxygen atoms in total. The van der Waals surface area contributed by atoms with E-state index in [0.29, 0.717) is 22.6 Å². The minimum atomic E-state index is -0.608. The number of hydrogen-bond acceptors (Lipinski definition) is 7. The summed E-state index contributed by atoms with van der Waals surface area (Å²) in [5.74, 6) is 0.938. The maximum absolute atomic E-state index is 12.9. The molecule has 5 rings (SSSR count). The second kappa shape index (κ2) is 7.77. The minimum Gasteiger partial charge on any atom is -0.497 e. The summed E-state index contributed by atoms with van der Waals surface area (Å²) in [4.78, 5) is 32.2. The third-order valence-electron chi connectivity index (χ3n) is 5.44. The smallest absolute Gasteiger partial charge is 0.433 e. The van der Waals surface area contributed by atoms with E-state index in [1.165, 1.54) is 18.2 Å². The number of furan rings is 1. The average Bonchev–Trinajstić information content (AvgIpc) is 3.46. The number of pyridine rings is 1. The lowest BCUT2D eigenvalue weighted by Crippen LogP contribution is -2.17. The van der Waals surface area contributed by atoms with Crippen molar-refractivity contribution in [1.29, 1.82) is 0 Å². The van der Waals surface area contributed by atoms with Crippen LogP contribution in [0.25, 0.3) is 28.9 Å². The first-order valence-corrected chi connectivity index (χ1v) is 10.1. The summed E-state index contributed by atoms with van der Waals surface area (Å²) in [6.07, 6.45) is 5.90. The van der Waals surface area contributed by atoms with Crippen LogP contribution >= 0.6 is 0 Å². The Morgan fingerprint density at radius 2 is 1.94 bits per heavy atom. The minimum absolute atomic E-state index is 0.272. The van der Waals surface area contributed by atoms with Gasteiger partial charge in [-0.2, -0.15) is 4.98 Å². The Kier molecular flexibility index (Phi) is 4.78. The molecule has 160 valence electrons. The van der Waals surface area contributed by atoms with Gasteiger partial charge in [0.1, 0.15) is 22.3 Å². The van der Waals surface area contributed by atoms with Gasteiger partial charge in [-0.05, 0) is 73.4 Å². The van der Waals surface area contributed by atoms with Crippen LogP contribution in [-0.4, -0.2) is 26.6 Å². The molecule has 0 radical (unpaired) electrons. The van der Waals surface area contributed by atoms with Crippen molar-refractivity contribution in [1.82, 2.24) is 14.5 Å². The van der Waals surface area contributed by atoms with E-state index in [2.05, 4.69) is 4.98 Å². The first-order chi connectivity index (χ1) is 15.5. The number of aryl methyl sites for hydroxylation is 2. The van der Waals surface area contributed by atoms with Gasteiger partial charge in [0.25, 0.3) is 5.56 Å². The zero-order chi connectivity index (χ0) is 22.2.